The summed E-state index contributed by atoms with van der Waals surface area (Å²) in [6, 6.07) is 14.4. The molecule has 0 aromatic heterocycles. The molecule has 0 spiro atoms. The minimum atomic E-state index is 0.141. The van der Waals surface area contributed by atoms with E-state index in [4.69, 9.17) is 0 Å². The number of phenolic OH excluding ortho intramolecular Hbond substituents is 1. The maximum absolute atomic E-state index is 10.9. The van der Waals surface area contributed by atoms with Crippen molar-refractivity contribution in [3.05, 3.63) is 59.2 Å². The van der Waals surface area contributed by atoms with Crippen molar-refractivity contribution in [3.8, 4) is 5.75 Å². The number of nitrogens with zero attached hydrogens (tertiary/aromatic N) is 1. The van der Waals surface area contributed by atoms with E-state index in [1.54, 1.807) is 6.21 Å². The molecule has 1 aliphatic rings. The van der Waals surface area contributed by atoms with Crippen molar-refractivity contribution < 1.29 is 5.11 Å². The first-order valence-corrected chi connectivity index (χ1v) is 10.2. The number of aromatic hydroxyl groups is 1. The molecule has 0 radical (unpaired) electrons. The number of para-hydroxylation sites is 1. The summed E-state index contributed by atoms with van der Waals surface area (Å²) >= 11 is 0. The molecule has 3 rings (SSSR count). The molecule has 1 aliphatic carbocycles. The van der Waals surface area contributed by atoms with Gasteiger partial charge < -0.3 is 5.11 Å². The second-order valence-corrected chi connectivity index (χ2v) is 9.25. The van der Waals surface area contributed by atoms with Gasteiger partial charge in [-0.2, -0.15) is 0 Å². The zero-order valence-electron chi connectivity index (χ0n) is 17.4. The average Bonchev–Trinajstić information content (AvgIpc) is 2.61. The Morgan fingerprint density at radius 1 is 0.963 bits per heavy atom. The summed E-state index contributed by atoms with van der Waals surface area (Å²) in [4.78, 5) is 4.60. The van der Waals surface area contributed by atoms with Crippen molar-refractivity contribution in [1.82, 2.24) is 0 Å². The first kappa shape index (κ1) is 19.7. The Bertz CT molecular complexity index is 788. The Morgan fingerprint density at radius 2 is 1.59 bits per heavy atom. The van der Waals surface area contributed by atoms with Gasteiger partial charge in [0.05, 0.1) is 5.69 Å². The highest BCUT2D eigenvalue weighted by molar-refractivity contribution is 5.86. The van der Waals surface area contributed by atoms with Gasteiger partial charge in [0.25, 0.3) is 0 Å². The zero-order valence-corrected chi connectivity index (χ0v) is 17.4. The molecule has 0 heterocycles. The fourth-order valence-electron chi connectivity index (χ4n) is 4.44. The van der Waals surface area contributed by atoms with Gasteiger partial charge in [0.2, 0.25) is 0 Å². The van der Waals surface area contributed by atoms with Crippen LogP contribution in [0, 0.1) is 11.8 Å². The number of benzene rings is 2. The van der Waals surface area contributed by atoms with Crippen molar-refractivity contribution in [1.29, 1.82) is 0 Å². The monoisotopic (exact) mass is 363 g/mol. The number of hydrogen-bond acceptors (Lipinski definition) is 2. The van der Waals surface area contributed by atoms with Crippen molar-refractivity contribution in [2.24, 2.45) is 16.8 Å². The zero-order chi connectivity index (χ0) is 19.6. The van der Waals surface area contributed by atoms with Crippen LogP contribution in [0.25, 0.3) is 0 Å². The lowest BCUT2D eigenvalue weighted by Gasteiger charge is -2.35. The molecule has 2 heteroatoms. The number of hydrogen-bond donors (Lipinski definition) is 1. The predicted octanol–water partition coefficient (Wildman–Crippen LogP) is 6.98. The summed E-state index contributed by atoms with van der Waals surface area (Å²) < 4.78 is 0. The fraction of sp³-hybridized carbons (Fsp3) is 0.480. The van der Waals surface area contributed by atoms with E-state index in [9.17, 15) is 5.11 Å². The van der Waals surface area contributed by atoms with Gasteiger partial charge in [0.15, 0.2) is 0 Å². The molecular weight excluding hydrogens is 330 g/mol. The van der Waals surface area contributed by atoms with Gasteiger partial charge in [-0.05, 0) is 52.5 Å². The average molecular weight is 364 g/mol. The molecule has 2 aromatic carbocycles. The van der Waals surface area contributed by atoms with E-state index < -0.39 is 0 Å². The summed E-state index contributed by atoms with van der Waals surface area (Å²) in [7, 11) is 0. The molecule has 2 aromatic rings. The number of rotatable bonds is 3. The summed E-state index contributed by atoms with van der Waals surface area (Å²) in [5, 5.41) is 10.9. The lowest BCUT2D eigenvalue weighted by molar-refractivity contribution is 0.244. The smallest absolute Gasteiger partial charge is 0.127 e. The van der Waals surface area contributed by atoms with Crippen LogP contribution in [0.1, 0.15) is 76.5 Å². The maximum atomic E-state index is 10.9. The predicted molar refractivity (Wildman–Crippen MR) is 115 cm³/mol. The highest BCUT2D eigenvalue weighted by atomic mass is 16.3. The van der Waals surface area contributed by atoms with Crippen LogP contribution in [0.4, 0.5) is 5.69 Å². The molecule has 2 atom stereocenters. The van der Waals surface area contributed by atoms with E-state index in [-0.39, 0.29) is 5.41 Å². The van der Waals surface area contributed by atoms with Gasteiger partial charge >= 0.3 is 0 Å². The molecule has 2 unspecified atom stereocenters. The highest BCUT2D eigenvalue weighted by Crippen LogP contribution is 2.45. The molecule has 1 saturated carbocycles. The highest BCUT2D eigenvalue weighted by Gasteiger charge is 2.31. The van der Waals surface area contributed by atoms with Crippen LogP contribution in [-0.2, 0) is 5.41 Å². The van der Waals surface area contributed by atoms with E-state index in [0.29, 0.717) is 23.5 Å². The van der Waals surface area contributed by atoms with Gasteiger partial charge in [-0.3, -0.25) is 4.99 Å². The summed E-state index contributed by atoms with van der Waals surface area (Å²) in [5.41, 5.74) is 4.24. The third kappa shape index (κ3) is 4.43. The molecule has 27 heavy (non-hydrogen) atoms. The topological polar surface area (TPSA) is 32.6 Å². The maximum Gasteiger partial charge on any atom is 0.127 e. The Morgan fingerprint density at radius 3 is 2.19 bits per heavy atom. The van der Waals surface area contributed by atoms with Crippen LogP contribution in [0.2, 0.25) is 0 Å². The quantitative estimate of drug-likeness (QED) is 0.586. The van der Waals surface area contributed by atoms with E-state index in [1.165, 1.54) is 24.8 Å². The molecule has 0 saturated heterocycles. The lowest BCUT2D eigenvalue weighted by atomic mass is 9.70. The number of phenols is 1. The van der Waals surface area contributed by atoms with Crippen LogP contribution in [-0.4, -0.2) is 11.3 Å². The molecule has 0 aliphatic heterocycles. The Hall–Kier alpha value is -2.09. The molecule has 2 nitrogen and oxygen atoms in total. The largest absolute Gasteiger partial charge is 0.507 e. The Kier molecular flexibility index (Phi) is 5.74. The van der Waals surface area contributed by atoms with Gasteiger partial charge in [-0.25, -0.2) is 0 Å². The fourth-order valence-corrected chi connectivity index (χ4v) is 4.44. The molecule has 1 N–H and O–H groups in total. The molecular formula is C25H33NO. The second kappa shape index (κ2) is 7.88. The summed E-state index contributed by atoms with van der Waals surface area (Å²) in [6.45, 7) is 11.3. The van der Waals surface area contributed by atoms with E-state index in [1.807, 2.05) is 24.3 Å². The lowest BCUT2D eigenvalue weighted by Crippen LogP contribution is -2.23. The summed E-state index contributed by atoms with van der Waals surface area (Å²) in [5.74, 6) is 2.05. The van der Waals surface area contributed by atoms with Crippen molar-refractivity contribution in [2.75, 3.05) is 0 Å². The van der Waals surface area contributed by atoms with Crippen LogP contribution < -0.4 is 0 Å². The van der Waals surface area contributed by atoms with Gasteiger partial charge in [-0.1, -0.05) is 78.1 Å². The van der Waals surface area contributed by atoms with E-state index in [0.717, 1.165) is 16.8 Å². The van der Waals surface area contributed by atoms with Crippen LogP contribution in [0.15, 0.2) is 47.5 Å². The van der Waals surface area contributed by atoms with Gasteiger partial charge in [0, 0.05) is 11.8 Å². The Balaban J connectivity index is 1.84. The Labute approximate surface area is 164 Å². The number of aliphatic imine (C=N–C) groups is 1. The second-order valence-electron chi connectivity index (χ2n) is 9.25. The molecule has 0 amide bonds. The van der Waals surface area contributed by atoms with Crippen LogP contribution >= 0.6 is 0 Å². The molecule has 0 bridgehead atoms. The minimum absolute atomic E-state index is 0.141. The van der Waals surface area contributed by atoms with E-state index >= 15 is 0 Å². The normalized spacial score (nSPS) is 23.7. The standard InChI is InChI=1S/C25H33NO/c1-17-8-6-9-18(2)23(17)22-11-7-10-19(24(22)27)16-26-21-14-12-20(13-15-21)25(3,4)5/h7,10-18,23,27H,6,8-9H2,1-5H3. The SMILES string of the molecule is CC1CCCC(C)C1c1cccc(C=Nc2ccc(C(C)(C)C)cc2)c1O. The molecule has 144 valence electrons. The van der Waals surface area contributed by atoms with Crippen molar-refractivity contribution in [2.45, 2.75) is 65.2 Å². The third-order valence-corrected chi connectivity index (χ3v) is 6.09. The van der Waals surface area contributed by atoms with E-state index in [2.05, 4.69) is 57.8 Å². The first-order chi connectivity index (χ1) is 12.8. The van der Waals surface area contributed by atoms with Crippen LogP contribution in [0.3, 0.4) is 0 Å². The van der Waals surface area contributed by atoms with Gasteiger partial charge in [-0.15, -0.1) is 0 Å². The first-order valence-electron chi connectivity index (χ1n) is 10.2. The van der Waals surface area contributed by atoms with Crippen LogP contribution in [0.5, 0.6) is 5.75 Å². The van der Waals surface area contributed by atoms with Crippen molar-refractivity contribution in [3.63, 3.8) is 0 Å². The summed E-state index contributed by atoms with van der Waals surface area (Å²) in [6.07, 6.45) is 5.58. The third-order valence-electron chi connectivity index (χ3n) is 6.09. The minimum Gasteiger partial charge on any atom is -0.507 e. The van der Waals surface area contributed by atoms with Gasteiger partial charge in [0.1, 0.15) is 5.75 Å². The molecule has 1 fully saturated rings. The van der Waals surface area contributed by atoms with Crippen molar-refractivity contribution >= 4 is 11.9 Å².